The Morgan fingerprint density at radius 2 is 1.91 bits per heavy atom. The van der Waals surface area contributed by atoms with Crippen LogP contribution in [0, 0.1) is 0 Å². The van der Waals surface area contributed by atoms with Crippen LogP contribution in [0.5, 0.6) is 0 Å². The lowest BCUT2D eigenvalue weighted by Crippen LogP contribution is -2.02. The fraction of sp³-hybridized carbons (Fsp3) is 0.0625. The third kappa shape index (κ3) is 2.58. The normalized spacial score (nSPS) is 10.9. The Bertz CT molecular complexity index is 899. The first-order valence-corrected chi connectivity index (χ1v) is 8.58. The van der Waals surface area contributed by atoms with Gasteiger partial charge in [-0.1, -0.05) is 30.3 Å². The second-order valence-electron chi connectivity index (χ2n) is 4.73. The maximum Gasteiger partial charge on any atom is 0.138 e. The van der Waals surface area contributed by atoms with Gasteiger partial charge in [0, 0.05) is 10.9 Å². The predicted molar refractivity (Wildman–Crippen MR) is 92.3 cm³/mol. The number of thiazole rings is 1. The molecule has 6 heteroatoms. The van der Waals surface area contributed by atoms with Gasteiger partial charge in [0.15, 0.2) is 0 Å². The Morgan fingerprint density at radius 3 is 2.82 bits per heavy atom. The Hall–Kier alpha value is -2.31. The van der Waals surface area contributed by atoms with E-state index in [1.165, 1.54) is 0 Å². The lowest BCUT2D eigenvalue weighted by Gasteiger charge is -2.04. The molecule has 4 aromatic rings. The third-order valence-electron chi connectivity index (χ3n) is 3.27. The molecule has 0 fully saturated rings. The van der Waals surface area contributed by atoms with Gasteiger partial charge < -0.3 is 5.32 Å². The molecule has 0 saturated heterocycles. The van der Waals surface area contributed by atoms with Crippen LogP contribution < -0.4 is 5.32 Å². The Labute approximate surface area is 135 Å². The molecule has 0 radical (unpaired) electrons. The summed E-state index contributed by atoms with van der Waals surface area (Å²) in [4.78, 5) is 14.3. The summed E-state index contributed by atoms with van der Waals surface area (Å²) < 4.78 is 0. The summed E-state index contributed by atoms with van der Waals surface area (Å²) in [6.07, 6.45) is 1.59. The van der Waals surface area contributed by atoms with E-state index < -0.39 is 0 Å². The smallest absolute Gasteiger partial charge is 0.138 e. The molecule has 4 rings (SSSR count). The van der Waals surface area contributed by atoms with Crippen LogP contribution in [0.4, 0.5) is 5.82 Å². The molecule has 0 aliphatic rings. The van der Waals surface area contributed by atoms with Crippen molar-refractivity contribution in [1.82, 2.24) is 15.0 Å². The van der Waals surface area contributed by atoms with Crippen LogP contribution in [0.15, 0.2) is 53.5 Å². The average molecular weight is 324 g/mol. The second kappa shape index (κ2) is 5.82. The van der Waals surface area contributed by atoms with E-state index >= 15 is 0 Å². The van der Waals surface area contributed by atoms with Crippen molar-refractivity contribution in [2.45, 2.75) is 6.54 Å². The average Bonchev–Trinajstić information content (AvgIpc) is 3.23. The number of nitrogens with one attached hydrogen (secondary N) is 1. The van der Waals surface area contributed by atoms with Crippen molar-refractivity contribution in [3.8, 4) is 10.6 Å². The summed E-state index contributed by atoms with van der Waals surface area (Å²) in [7, 11) is 0. The summed E-state index contributed by atoms with van der Waals surface area (Å²) in [5.74, 6) is 0.862. The van der Waals surface area contributed by atoms with E-state index in [0.717, 1.165) is 32.3 Å². The van der Waals surface area contributed by atoms with Crippen molar-refractivity contribution >= 4 is 38.7 Å². The van der Waals surface area contributed by atoms with Crippen LogP contribution in [-0.4, -0.2) is 15.0 Å². The van der Waals surface area contributed by atoms with Crippen molar-refractivity contribution in [2.75, 3.05) is 5.32 Å². The highest BCUT2D eigenvalue weighted by atomic mass is 32.1. The standard InChI is InChI=1S/C16H12N4S2/c1-2-4-11(5-3-1)15-20-12(9-22-15)8-17-14-13-6-7-21-16(13)19-10-18-14/h1-7,9-10H,8H2,(H,17,18,19). The van der Waals surface area contributed by atoms with Gasteiger partial charge in [-0.05, 0) is 11.4 Å². The van der Waals surface area contributed by atoms with Gasteiger partial charge in [-0.25, -0.2) is 15.0 Å². The van der Waals surface area contributed by atoms with Crippen molar-refractivity contribution in [3.63, 3.8) is 0 Å². The maximum absolute atomic E-state index is 4.68. The number of rotatable bonds is 4. The molecule has 0 amide bonds. The van der Waals surface area contributed by atoms with Crippen molar-refractivity contribution < 1.29 is 0 Å². The van der Waals surface area contributed by atoms with E-state index in [0.29, 0.717) is 6.54 Å². The SMILES string of the molecule is c1ccc(-c2nc(CNc3ncnc4sccc34)cs2)cc1. The summed E-state index contributed by atoms with van der Waals surface area (Å²) in [6.45, 7) is 0.658. The van der Waals surface area contributed by atoms with E-state index in [1.54, 1.807) is 29.0 Å². The maximum atomic E-state index is 4.68. The van der Waals surface area contributed by atoms with Crippen LogP contribution in [-0.2, 0) is 6.54 Å². The van der Waals surface area contributed by atoms with E-state index in [4.69, 9.17) is 0 Å². The van der Waals surface area contributed by atoms with Gasteiger partial charge in [-0.3, -0.25) is 0 Å². The third-order valence-corrected chi connectivity index (χ3v) is 5.03. The Kier molecular flexibility index (Phi) is 3.54. The van der Waals surface area contributed by atoms with Crippen LogP contribution in [0.25, 0.3) is 20.8 Å². The fourth-order valence-corrected chi connectivity index (χ4v) is 3.77. The molecule has 3 heterocycles. The first kappa shape index (κ1) is 13.4. The van der Waals surface area contributed by atoms with Gasteiger partial charge in [0.25, 0.3) is 0 Å². The van der Waals surface area contributed by atoms with Gasteiger partial charge in [-0.15, -0.1) is 22.7 Å². The van der Waals surface area contributed by atoms with Gasteiger partial charge in [-0.2, -0.15) is 0 Å². The van der Waals surface area contributed by atoms with Crippen LogP contribution in [0.2, 0.25) is 0 Å². The topological polar surface area (TPSA) is 50.7 Å². The molecule has 0 aliphatic carbocycles. The Balaban J connectivity index is 1.53. The summed E-state index contributed by atoms with van der Waals surface area (Å²) >= 11 is 3.28. The number of hydrogen-bond donors (Lipinski definition) is 1. The van der Waals surface area contributed by atoms with E-state index in [-0.39, 0.29) is 0 Å². The first-order chi connectivity index (χ1) is 10.9. The van der Waals surface area contributed by atoms with E-state index in [9.17, 15) is 0 Å². The molecule has 0 saturated carbocycles. The number of hydrogen-bond acceptors (Lipinski definition) is 6. The molecule has 0 bridgehead atoms. The number of anilines is 1. The molecular weight excluding hydrogens is 312 g/mol. The summed E-state index contributed by atoms with van der Waals surface area (Å²) in [5, 5.41) is 9.57. The van der Waals surface area contributed by atoms with Crippen molar-refractivity contribution in [3.05, 3.63) is 59.2 Å². The molecule has 0 aliphatic heterocycles. The number of benzene rings is 1. The van der Waals surface area contributed by atoms with Gasteiger partial charge in [0.1, 0.15) is 22.0 Å². The molecule has 108 valence electrons. The molecule has 4 nitrogen and oxygen atoms in total. The number of fused-ring (bicyclic) bond motifs is 1. The van der Waals surface area contributed by atoms with Gasteiger partial charge >= 0.3 is 0 Å². The molecule has 0 spiro atoms. The minimum atomic E-state index is 0.658. The number of aromatic nitrogens is 3. The summed E-state index contributed by atoms with van der Waals surface area (Å²) in [6, 6.07) is 12.3. The largest absolute Gasteiger partial charge is 0.364 e. The summed E-state index contributed by atoms with van der Waals surface area (Å²) in [5.41, 5.74) is 2.17. The monoisotopic (exact) mass is 324 g/mol. The van der Waals surface area contributed by atoms with E-state index in [1.807, 2.05) is 29.6 Å². The minimum absolute atomic E-state index is 0.658. The van der Waals surface area contributed by atoms with Gasteiger partial charge in [0.05, 0.1) is 17.6 Å². The lowest BCUT2D eigenvalue weighted by atomic mass is 10.2. The Morgan fingerprint density at radius 1 is 1.00 bits per heavy atom. The molecule has 1 N–H and O–H groups in total. The first-order valence-electron chi connectivity index (χ1n) is 6.82. The highest BCUT2D eigenvalue weighted by Gasteiger charge is 2.07. The quantitative estimate of drug-likeness (QED) is 0.603. The van der Waals surface area contributed by atoms with Crippen LogP contribution >= 0.6 is 22.7 Å². The minimum Gasteiger partial charge on any atom is -0.364 e. The zero-order valence-corrected chi connectivity index (χ0v) is 13.2. The van der Waals surface area contributed by atoms with Gasteiger partial charge in [0.2, 0.25) is 0 Å². The molecular formula is C16H12N4S2. The zero-order valence-electron chi connectivity index (χ0n) is 11.6. The molecule has 22 heavy (non-hydrogen) atoms. The number of nitrogens with zero attached hydrogens (tertiary/aromatic N) is 3. The molecule has 3 aromatic heterocycles. The van der Waals surface area contributed by atoms with Crippen LogP contribution in [0.1, 0.15) is 5.69 Å². The van der Waals surface area contributed by atoms with Crippen molar-refractivity contribution in [2.24, 2.45) is 0 Å². The predicted octanol–water partition coefficient (Wildman–Crippen LogP) is 4.43. The molecule has 0 unspecified atom stereocenters. The number of thiophene rings is 1. The van der Waals surface area contributed by atoms with Crippen molar-refractivity contribution in [1.29, 1.82) is 0 Å². The molecule has 0 atom stereocenters. The molecule has 1 aromatic carbocycles. The van der Waals surface area contributed by atoms with E-state index in [2.05, 4.69) is 37.8 Å². The highest BCUT2D eigenvalue weighted by molar-refractivity contribution is 7.16. The highest BCUT2D eigenvalue weighted by Crippen LogP contribution is 2.26. The van der Waals surface area contributed by atoms with Crippen LogP contribution in [0.3, 0.4) is 0 Å². The fourth-order valence-electron chi connectivity index (χ4n) is 2.21. The lowest BCUT2D eigenvalue weighted by molar-refractivity contribution is 1.05. The second-order valence-corrected chi connectivity index (χ2v) is 6.48. The zero-order chi connectivity index (χ0) is 14.8.